The summed E-state index contributed by atoms with van der Waals surface area (Å²) in [5.74, 6) is -1.14. The van der Waals surface area contributed by atoms with E-state index in [-0.39, 0.29) is 20.4 Å². The van der Waals surface area contributed by atoms with Crippen LogP contribution in [0.1, 0.15) is 0 Å². The number of rotatable bonds is 2. The Hall–Kier alpha value is -1.04. The molecule has 0 atom stereocenters. The van der Waals surface area contributed by atoms with Crippen LogP contribution in [-0.2, 0) is 25.2 Å². The van der Waals surface area contributed by atoms with Crippen LogP contribution in [0, 0.1) is 13.0 Å². The van der Waals surface area contributed by atoms with Crippen molar-refractivity contribution < 1.29 is 35.4 Å². The van der Waals surface area contributed by atoms with Crippen molar-refractivity contribution in [3.63, 3.8) is 0 Å². The summed E-state index contributed by atoms with van der Waals surface area (Å²) in [5, 5.41) is 15.3. The van der Waals surface area contributed by atoms with Gasteiger partial charge in [0, 0.05) is 20.4 Å². The standard InChI is InChI=1S/C3H4O3.Re.Rf/c4-2-1-3(5)6;;/h1-2,4H,(H,5,6);;/q-2;;. The fourth-order valence-corrected chi connectivity index (χ4v) is 0.0638. The molecule has 45 valence electrons. The summed E-state index contributed by atoms with van der Waals surface area (Å²) in [6.07, 6.45) is 0.639. The molecule has 0 aliphatic heterocycles. The first-order chi connectivity index (χ1) is 2.77. The second kappa shape index (κ2) is 9.35. The van der Waals surface area contributed by atoms with Crippen molar-refractivity contribution in [2.75, 3.05) is 0 Å². The first-order valence-corrected chi connectivity index (χ1v) is 1.31. The fraction of sp³-hybridized carbons (Fsp3) is 0. The molecule has 0 saturated carbocycles. The Morgan fingerprint density at radius 3 is 1.88 bits per heavy atom. The SMILES string of the molecule is O=C(O)[CH-][CH-]O.[Re].[Rf]. The summed E-state index contributed by atoms with van der Waals surface area (Å²) in [6, 6.07) is 0. The molecule has 0 amide bonds. The van der Waals surface area contributed by atoms with Gasteiger partial charge in [-0.2, -0.15) is 0 Å². The summed E-state index contributed by atoms with van der Waals surface area (Å²) < 4.78 is 0. The summed E-state index contributed by atoms with van der Waals surface area (Å²) >= 11 is 0. The number of carbonyl (C=O) groups is 1. The van der Waals surface area contributed by atoms with E-state index in [9.17, 15) is 4.79 Å². The molecule has 0 rings (SSSR count). The molecule has 8 heavy (non-hydrogen) atoms. The van der Waals surface area contributed by atoms with Crippen molar-refractivity contribution in [3.8, 4) is 0 Å². The molecular formula is C3H4O3ReRf-2. The van der Waals surface area contributed by atoms with Gasteiger partial charge in [0.15, 0.2) is 0 Å². The van der Waals surface area contributed by atoms with Gasteiger partial charge in [0.25, 0.3) is 0 Å². The van der Waals surface area contributed by atoms with E-state index in [2.05, 4.69) is 0 Å². The molecule has 0 spiro atoms. The Balaban J connectivity index is -0.000000125. The molecule has 5 heteroatoms. The molecule has 0 bridgehead atoms. The molecule has 0 aliphatic rings. The third-order valence-corrected chi connectivity index (χ3v) is 0.217. The third kappa shape index (κ3) is 20.2. The van der Waals surface area contributed by atoms with Crippen LogP contribution in [0.25, 0.3) is 0 Å². The molecular weight excluding hydrogens is 537 g/mol. The number of aliphatic carboxylic acids is 1. The quantitative estimate of drug-likeness (QED) is 0.477. The minimum atomic E-state index is -1.14. The third-order valence-electron chi connectivity index (χ3n) is 0.217. The van der Waals surface area contributed by atoms with Gasteiger partial charge in [-0.1, -0.05) is 0 Å². The average Bonchev–Trinajstić information content (AvgIpc) is 1.35. The first-order valence-electron chi connectivity index (χ1n) is 1.31. The summed E-state index contributed by atoms with van der Waals surface area (Å²) in [5.41, 5.74) is 0. The topological polar surface area (TPSA) is 57.5 Å². The maximum Gasteiger partial charge on any atom is 0.137 e. The molecule has 0 unspecified atom stereocenters. The first kappa shape index (κ1) is 15.8. The molecule has 0 heterocycles. The predicted octanol–water partition coefficient (Wildman–Crippen LogP) is -0.193. The maximum absolute atomic E-state index is 9.35. The molecule has 0 fully saturated rings. The molecule has 0 aromatic carbocycles. The fourth-order valence-electron chi connectivity index (χ4n) is 0.0638. The van der Waals surface area contributed by atoms with Crippen LogP contribution in [-0.4, -0.2) is 16.2 Å². The molecule has 0 aromatic rings. The van der Waals surface area contributed by atoms with E-state index < -0.39 is 5.97 Å². The largest absolute Gasteiger partial charge is 0.595 e. The summed E-state index contributed by atoms with van der Waals surface area (Å²) in [6.45, 7) is 0.475. The minimum absolute atomic E-state index is 0. The second-order valence-corrected chi connectivity index (χ2v) is 0.654. The van der Waals surface area contributed by atoms with Crippen molar-refractivity contribution in [2.45, 2.75) is 0 Å². The van der Waals surface area contributed by atoms with Crippen LogP contribution >= 0.6 is 0 Å². The number of carboxylic acid groups (broad SMARTS) is 1. The van der Waals surface area contributed by atoms with Gasteiger partial charge in [0.1, 0.15) is 5.97 Å². The summed E-state index contributed by atoms with van der Waals surface area (Å²) in [7, 11) is 0. The normalized spacial score (nSPS) is 5.62. The van der Waals surface area contributed by atoms with Crippen LogP contribution in [0.3, 0.4) is 0 Å². The molecule has 0 saturated heterocycles. The smallest absolute Gasteiger partial charge is 0.137 e. The number of hydrogen-bond acceptors (Lipinski definition) is 2. The minimum Gasteiger partial charge on any atom is -0.595 e. The molecule has 0 aromatic heterocycles. The van der Waals surface area contributed by atoms with E-state index in [0.29, 0.717) is 13.0 Å². The van der Waals surface area contributed by atoms with Gasteiger partial charge in [-0.25, -0.2) is 0 Å². The van der Waals surface area contributed by atoms with Crippen molar-refractivity contribution >= 4 is 5.97 Å². The number of hydrogen-bond donors (Lipinski definition) is 2. The van der Waals surface area contributed by atoms with Gasteiger partial charge < -0.3 is 23.2 Å². The van der Waals surface area contributed by atoms with Gasteiger partial charge in [0.05, 0.1) is 0 Å². The Kier molecular flexibility index (Phi) is 18.4. The van der Waals surface area contributed by atoms with Crippen LogP contribution in [0.4, 0.5) is 0 Å². The van der Waals surface area contributed by atoms with E-state index in [4.69, 9.17) is 10.2 Å². The molecule has 3 nitrogen and oxygen atoms in total. The Labute approximate surface area is 55.0 Å². The van der Waals surface area contributed by atoms with Crippen molar-refractivity contribution in [3.05, 3.63) is 13.0 Å². The van der Waals surface area contributed by atoms with Gasteiger partial charge >= 0.3 is 0 Å². The van der Waals surface area contributed by atoms with E-state index >= 15 is 0 Å². The van der Waals surface area contributed by atoms with E-state index in [1.54, 1.807) is 0 Å². The number of aliphatic hydroxyl groups excluding tert-OH is 1. The van der Waals surface area contributed by atoms with Crippen LogP contribution in [0.15, 0.2) is 0 Å². The van der Waals surface area contributed by atoms with Gasteiger partial charge in [-0.3, -0.25) is 4.79 Å². The second-order valence-electron chi connectivity index (χ2n) is 0.654. The zero-order valence-corrected chi connectivity index (χ0v) is 13.2. The van der Waals surface area contributed by atoms with E-state index in [1.165, 1.54) is 0 Å². The summed E-state index contributed by atoms with van der Waals surface area (Å²) in [4.78, 5) is 9.35. The monoisotopic (exact) mass is 542 g/mol. The average molecular weight is 541 g/mol. The zero-order valence-electron chi connectivity index (χ0n) is 4.04. The zero-order chi connectivity index (χ0) is 4.99. The number of carboxylic acids is 1. The molecule has 2 N–H and O–H groups in total. The van der Waals surface area contributed by atoms with E-state index in [1.807, 2.05) is 0 Å². The van der Waals surface area contributed by atoms with Crippen molar-refractivity contribution in [2.24, 2.45) is 0 Å². The van der Waals surface area contributed by atoms with Gasteiger partial charge in [-0.05, 0) is 0 Å². The number of aliphatic hydroxyl groups is 1. The van der Waals surface area contributed by atoms with Crippen molar-refractivity contribution in [1.82, 2.24) is 0 Å². The van der Waals surface area contributed by atoms with Crippen LogP contribution in [0.2, 0.25) is 0 Å². The Morgan fingerprint density at radius 1 is 1.50 bits per heavy atom. The van der Waals surface area contributed by atoms with Gasteiger partial charge in [0.2, 0.25) is 0 Å². The van der Waals surface area contributed by atoms with Gasteiger partial charge in [-0.15, -0.1) is 0 Å². The Bertz CT molecular complexity index is 58.5. The van der Waals surface area contributed by atoms with Crippen LogP contribution in [0.5, 0.6) is 0 Å². The Morgan fingerprint density at radius 2 is 1.88 bits per heavy atom. The maximum atomic E-state index is 9.35. The van der Waals surface area contributed by atoms with E-state index in [0.717, 1.165) is 0 Å². The van der Waals surface area contributed by atoms with Crippen LogP contribution < -0.4 is 0 Å². The predicted molar refractivity (Wildman–Crippen MR) is 18.2 cm³/mol. The molecule has 1 radical (unpaired) electrons. The van der Waals surface area contributed by atoms with Crippen molar-refractivity contribution in [1.29, 1.82) is 0 Å². The molecule has 0 aliphatic carbocycles.